The minimum Gasteiger partial charge on any atom is -0.449 e. The van der Waals surface area contributed by atoms with E-state index in [4.69, 9.17) is 16.3 Å². The quantitative estimate of drug-likeness (QED) is 0.796. The van der Waals surface area contributed by atoms with Crippen LogP contribution in [0.4, 0.5) is 11.4 Å². The lowest BCUT2D eigenvalue weighted by molar-refractivity contribution is -0.123. The van der Waals surface area contributed by atoms with Gasteiger partial charge in [0.05, 0.1) is 5.56 Å². The van der Waals surface area contributed by atoms with Crippen LogP contribution in [-0.4, -0.2) is 30.4 Å². The Morgan fingerprint density at radius 3 is 2.37 bits per heavy atom. The van der Waals surface area contributed by atoms with Gasteiger partial charge in [-0.3, -0.25) is 9.59 Å². The first kappa shape index (κ1) is 18.9. The van der Waals surface area contributed by atoms with Crippen molar-refractivity contribution in [2.75, 3.05) is 16.8 Å². The van der Waals surface area contributed by atoms with E-state index in [9.17, 15) is 14.4 Å². The number of hydrogen-bond acceptors (Lipinski definition) is 4. The van der Waals surface area contributed by atoms with Crippen LogP contribution in [0, 0.1) is 0 Å². The maximum absolute atomic E-state index is 12.3. The van der Waals surface area contributed by atoms with Crippen LogP contribution in [0.15, 0.2) is 48.5 Å². The number of nitrogens with zero attached hydrogens (tertiary/aromatic N) is 1. The number of carbonyl (C=O) groups excluding carboxylic acids is 3. The molecule has 0 aliphatic carbocycles. The van der Waals surface area contributed by atoms with Crippen molar-refractivity contribution >= 4 is 40.8 Å². The van der Waals surface area contributed by atoms with Gasteiger partial charge >= 0.3 is 5.97 Å². The van der Waals surface area contributed by atoms with Gasteiger partial charge in [-0.15, -0.1) is 0 Å². The monoisotopic (exact) mass is 386 g/mol. The van der Waals surface area contributed by atoms with Crippen molar-refractivity contribution in [1.82, 2.24) is 0 Å². The lowest BCUT2D eigenvalue weighted by atomic mass is 10.2. The zero-order valence-electron chi connectivity index (χ0n) is 14.8. The highest BCUT2D eigenvalue weighted by Crippen LogP contribution is 2.22. The molecular formula is C20H19ClN2O4. The lowest BCUT2D eigenvalue weighted by Gasteiger charge is -2.16. The fourth-order valence-corrected chi connectivity index (χ4v) is 2.88. The highest BCUT2D eigenvalue weighted by Gasteiger charge is 2.23. The third kappa shape index (κ3) is 4.65. The second-order valence-corrected chi connectivity index (χ2v) is 6.68. The smallest absolute Gasteiger partial charge is 0.338 e. The van der Waals surface area contributed by atoms with E-state index in [1.165, 1.54) is 6.92 Å². The van der Waals surface area contributed by atoms with Crippen LogP contribution in [0.2, 0.25) is 5.02 Å². The van der Waals surface area contributed by atoms with Crippen molar-refractivity contribution in [3.8, 4) is 0 Å². The molecule has 1 aliphatic heterocycles. The molecule has 1 heterocycles. The van der Waals surface area contributed by atoms with Gasteiger partial charge in [-0.25, -0.2) is 4.79 Å². The predicted octanol–water partition coefficient (Wildman–Crippen LogP) is 3.65. The zero-order valence-corrected chi connectivity index (χ0v) is 15.5. The Labute approximate surface area is 162 Å². The molecule has 27 heavy (non-hydrogen) atoms. The third-order valence-electron chi connectivity index (χ3n) is 4.25. The van der Waals surface area contributed by atoms with Gasteiger partial charge in [0.2, 0.25) is 5.91 Å². The molecule has 140 valence electrons. The van der Waals surface area contributed by atoms with Crippen LogP contribution in [-0.2, 0) is 14.3 Å². The summed E-state index contributed by atoms with van der Waals surface area (Å²) in [4.78, 5) is 37.9. The number of amides is 2. The summed E-state index contributed by atoms with van der Waals surface area (Å²) in [7, 11) is 0. The van der Waals surface area contributed by atoms with Crippen LogP contribution in [0.1, 0.15) is 30.1 Å². The topological polar surface area (TPSA) is 75.7 Å². The number of nitrogens with one attached hydrogen (secondary N) is 1. The molecule has 0 radical (unpaired) electrons. The molecule has 1 N–H and O–H groups in total. The van der Waals surface area contributed by atoms with Crippen LogP contribution in [0.5, 0.6) is 0 Å². The number of hydrogen-bond donors (Lipinski definition) is 1. The molecule has 2 amide bonds. The minimum absolute atomic E-state index is 0.0813. The van der Waals surface area contributed by atoms with E-state index in [0.717, 1.165) is 12.1 Å². The van der Waals surface area contributed by atoms with Crippen LogP contribution in [0.25, 0.3) is 0 Å². The van der Waals surface area contributed by atoms with Gasteiger partial charge in [-0.05, 0) is 61.9 Å². The van der Waals surface area contributed by atoms with Crippen molar-refractivity contribution in [2.45, 2.75) is 25.9 Å². The summed E-state index contributed by atoms with van der Waals surface area (Å²) in [5, 5.41) is 3.22. The second kappa shape index (κ2) is 8.22. The summed E-state index contributed by atoms with van der Waals surface area (Å²) in [5.41, 5.74) is 1.63. The van der Waals surface area contributed by atoms with Crippen molar-refractivity contribution in [2.24, 2.45) is 0 Å². The van der Waals surface area contributed by atoms with Gasteiger partial charge in [0.25, 0.3) is 5.91 Å². The number of carbonyl (C=O) groups is 3. The Bertz CT molecular complexity index is 849. The first-order valence-corrected chi connectivity index (χ1v) is 8.99. The molecule has 7 heteroatoms. The van der Waals surface area contributed by atoms with Crippen molar-refractivity contribution < 1.29 is 19.1 Å². The Morgan fingerprint density at radius 2 is 1.78 bits per heavy atom. The number of ether oxygens (including phenoxy) is 1. The average molecular weight is 387 g/mol. The first-order valence-electron chi connectivity index (χ1n) is 8.62. The Balaban J connectivity index is 1.58. The fourth-order valence-electron chi connectivity index (χ4n) is 2.76. The normalized spacial score (nSPS) is 14.7. The van der Waals surface area contributed by atoms with E-state index in [0.29, 0.717) is 29.2 Å². The molecule has 1 aliphatic rings. The van der Waals surface area contributed by atoms with Gasteiger partial charge < -0.3 is 15.0 Å². The van der Waals surface area contributed by atoms with Gasteiger partial charge in [-0.2, -0.15) is 0 Å². The molecule has 1 fully saturated rings. The summed E-state index contributed by atoms with van der Waals surface area (Å²) in [5.74, 6) is -0.962. The molecule has 6 nitrogen and oxygen atoms in total. The molecule has 0 aromatic heterocycles. The average Bonchev–Trinajstić information content (AvgIpc) is 3.09. The molecule has 0 spiro atoms. The molecule has 0 saturated carbocycles. The molecule has 0 bridgehead atoms. The standard InChI is InChI=1S/C20H19ClN2O4/c1-13(19(25)22-16-8-6-15(21)7-9-16)27-20(26)14-4-10-17(11-5-14)23-12-2-3-18(23)24/h4-11,13H,2-3,12H2,1H3,(H,22,25)/t13-/m1/s1. The number of anilines is 2. The third-order valence-corrected chi connectivity index (χ3v) is 4.50. The molecule has 2 aromatic rings. The molecule has 3 rings (SSSR count). The van der Waals surface area contributed by atoms with E-state index < -0.39 is 18.0 Å². The summed E-state index contributed by atoms with van der Waals surface area (Å²) in [6, 6.07) is 13.2. The largest absolute Gasteiger partial charge is 0.449 e. The maximum atomic E-state index is 12.3. The summed E-state index contributed by atoms with van der Waals surface area (Å²) < 4.78 is 5.22. The minimum atomic E-state index is -0.965. The van der Waals surface area contributed by atoms with E-state index in [1.54, 1.807) is 53.4 Å². The van der Waals surface area contributed by atoms with Gasteiger partial charge in [-0.1, -0.05) is 11.6 Å². The van der Waals surface area contributed by atoms with Crippen molar-refractivity contribution in [3.63, 3.8) is 0 Å². The molecule has 1 saturated heterocycles. The molecular weight excluding hydrogens is 368 g/mol. The summed E-state index contributed by atoms with van der Waals surface area (Å²) in [6.45, 7) is 2.19. The maximum Gasteiger partial charge on any atom is 0.338 e. The van der Waals surface area contributed by atoms with Gasteiger partial charge in [0, 0.05) is 29.4 Å². The number of esters is 1. The number of halogens is 1. The van der Waals surface area contributed by atoms with Crippen LogP contribution < -0.4 is 10.2 Å². The molecule has 2 aromatic carbocycles. The Hall–Kier alpha value is -2.86. The molecule has 0 unspecified atom stereocenters. The molecule has 1 atom stereocenters. The highest BCUT2D eigenvalue weighted by atomic mass is 35.5. The SMILES string of the molecule is C[C@@H](OC(=O)c1ccc(N2CCCC2=O)cc1)C(=O)Nc1ccc(Cl)cc1. The van der Waals surface area contributed by atoms with E-state index >= 15 is 0 Å². The lowest BCUT2D eigenvalue weighted by Crippen LogP contribution is -2.30. The van der Waals surface area contributed by atoms with E-state index in [-0.39, 0.29) is 5.91 Å². The first-order chi connectivity index (χ1) is 12.9. The highest BCUT2D eigenvalue weighted by molar-refractivity contribution is 6.30. The fraction of sp³-hybridized carbons (Fsp3) is 0.250. The summed E-state index contributed by atoms with van der Waals surface area (Å²) in [6.07, 6.45) is 0.417. The van der Waals surface area contributed by atoms with Gasteiger partial charge in [0.1, 0.15) is 0 Å². The predicted molar refractivity (Wildman–Crippen MR) is 103 cm³/mol. The number of benzene rings is 2. The van der Waals surface area contributed by atoms with Crippen molar-refractivity contribution in [1.29, 1.82) is 0 Å². The second-order valence-electron chi connectivity index (χ2n) is 6.24. The Morgan fingerprint density at radius 1 is 1.11 bits per heavy atom. The van der Waals surface area contributed by atoms with Crippen LogP contribution in [0.3, 0.4) is 0 Å². The number of rotatable bonds is 5. The van der Waals surface area contributed by atoms with E-state index in [2.05, 4.69) is 5.32 Å². The summed E-state index contributed by atoms with van der Waals surface area (Å²) >= 11 is 5.80. The Kier molecular flexibility index (Phi) is 5.76. The van der Waals surface area contributed by atoms with Crippen molar-refractivity contribution in [3.05, 3.63) is 59.1 Å². The van der Waals surface area contributed by atoms with Crippen LogP contribution >= 0.6 is 11.6 Å². The van der Waals surface area contributed by atoms with E-state index in [1.807, 2.05) is 0 Å². The van der Waals surface area contributed by atoms with Gasteiger partial charge in [0.15, 0.2) is 6.10 Å². The zero-order chi connectivity index (χ0) is 19.4.